The first kappa shape index (κ1) is 22.4. The lowest BCUT2D eigenvalue weighted by Crippen LogP contribution is -2.20. The van der Waals surface area contributed by atoms with Gasteiger partial charge in [-0.2, -0.15) is 0 Å². The van der Waals surface area contributed by atoms with Crippen LogP contribution in [0.4, 0.5) is 10.1 Å². The fourth-order valence-corrected chi connectivity index (χ4v) is 3.60. The molecular formula is C27H28FNO2. The first-order valence-corrected chi connectivity index (χ1v) is 10.6. The van der Waals surface area contributed by atoms with Gasteiger partial charge in [0.25, 0.3) is 0 Å². The van der Waals surface area contributed by atoms with Crippen molar-refractivity contribution in [1.29, 1.82) is 0 Å². The molecule has 0 aromatic heterocycles. The van der Waals surface area contributed by atoms with Gasteiger partial charge in [0.15, 0.2) is 11.6 Å². The minimum atomic E-state index is -0.241. The number of hydrogen-bond acceptors (Lipinski definition) is 3. The van der Waals surface area contributed by atoms with Gasteiger partial charge < -0.3 is 5.32 Å². The molecule has 3 nitrogen and oxygen atoms in total. The molecule has 0 fully saturated rings. The molecule has 1 N–H and O–H groups in total. The molecule has 3 rings (SSSR count). The maximum atomic E-state index is 13.0. The van der Waals surface area contributed by atoms with Gasteiger partial charge in [0.2, 0.25) is 0 Å². The van der Waals surface area contributed by atoms with Crippen LogP contribution in [0.25, 0.3) is 0 Å². The van der Waals surface area contributed by atoms with E-state index in [2.05, 4.69) is 31.3 Å². The van der Waals surface area contributed by atoms with Crippen molar-refractivity contribution in [3.8, 4) is 0 Å². The zero-order valence-corrected chi connectivity index (χ0v) is 18.3. The van der Waals surface area contributed by atoms with Crippen molar-refractivity contribution in [1.82, 2.24) is 0 Å². The minimum absolute atomic E-state index is 0.0423. The fraction of sp³-hybridized carbons (Fsp3) is 0.259. The summed E-state index contributed by atoms with van der Waals surface area (Å²) >= 11 is 0. The maximum absolute atomic E-state index is 13.0. The number of allylic oxidation sites excluding steroid dienone is 5. The Kier molecular flexibility index (Phi) is 7.35. The summed E-state index contributed by atoms with van der Waals surface area (Å²) in [5.41, 5.74) is 5.45. The number of carbonyl (C=O) groups is 2. The van der Waals surface area contributed by atoms with E-state index in [0.717, 1.165) is 18.5 Å². The van der Waals surface area contributed by atoms with Gasteiger partial charge in [0.1, 0.15) is 5.82 Å². The number of nitrogens with one attached hydrogen (secondary N) is 1. The third kappa shape index (κ3) is 5.66. The fourth-order valence-electron chi connectivity index (χ4n) is 3.60. The molecule has 0 saturated heterocycles. The first-order valence-electron chi connectivity index (χ1n) is 10.6. The predicted octanol–water partition coefficient (Wildman–Crippen LogP) is 6.70. The van der Waals surface area contributed by atoms with Crippen molar-refractivity contribution in [3.63, 3.8) is 0 Å². The van der Waals surface area contributed by atoms with E-state index in [4.69, 9.17) is 0 Å². The Bertz CT molecular complexity index is 1070. The van der Waals surface area contributed by atoms with E-state index in [1.165, 1.54) is 23.3 Å². The summed E-state index contributed by atoms with van der Waals surface area (Å²) in [6.07, 6.45) is 6.50. The molecule has 0 unspecified atom stereocenters. The summed E-state index contributed by atoms with van der Waals surface area (Å²) in [4.78, 5) is 25.4. The molecular weight excluding hydrogens is 389 g/mol. The Morgan fingerprint density at radius 3 is 2.23 bits per heavy atom. The number of Topliss-reactive ketones (excluding diaryl/α,β-unsaturated/α-hetero) is 2. The summed E-state index contributed by atoms with van der Waals surface area (Å²) < 4.78 is 13.0. The first-order chi connectivity index (χ1) is 14.9. The van der Waals surface area contributed by atoms with Crippen LogP contribution >= 0.6 is 0 Å². The Morgan fingerprint density at radius 1 is 0.903 bits per heavy atom. The molecule has 0 radical (unpaired) electrons. The molecule has 31 heavy (non-hydrogen) atoms. The second-order valence-corrected chi connectivity index (χ2v) is 8.01. The van der Waals surface area contributed by atoms with Crippen molar-refractivity contribution in [2.45, 2.75) is 40.0 Å². The third-order valence-corrected chi connectivity index (χ3v) is 5.59. The van der Waals surface area contributed by atoms with Gasteiger partial charge in [0.05, 0.1) is 0 Å². The van der Waals surface area contributed by atoms with Crippen molar-refractivity contribution < 1.29 is 14.0 Å². The van der Waals surface area contributed by atoms with Gasteiger partial charge in [-0.25, -0.2) is 4.39 Å². The van der Waals surface area contributed by atoms with Crippen LogP contribution in [-0.4, -0.2) is 18.1 Å². The van der Waals surface area contributed by atoms with Crippen LogP contribution in [0.3, 0.4) is 0 Å². The molecule has 0 spiro atoms. The van der Waals surface area contributed by atoms with Crippen molar-refractivity contribution in [3.05, 3.63) is 99.9 Å². The highest BCUT2D eigenvalue weighted by Gasteiger charge is 2.28. The monoisotopic (exact) mass is 417 g/mol. The second kappa shape index (κ2) is 10.2. The van der Waals surface area contributed by atoms with Crippen LogP contribution in [0.2, 0.25) is 0 Å². The van der Waals surface area contributed by atoms with Gasteiger partial charge in [-0.15, -0.1) is 0 Å². The van der Waals surface area contributed by atoms with Gasteiger partial charge in [-0.3, -0.25) is 9.59 Å². The van der Waals surface area contributed by atoms with Gasteiger partial charge >= 0.3 is 0 Å². The lowest BCUT2D eigenvalue weighted by Gasteiger charge is -2.18. The van der Waals surface area contributed by atoms with Crippen LogP contribution in [0, 0.1) is 5.82 Å². The van der Waals surface area contributed by atoms with Gasteiger partial charge in [0, 0.05) is 34.5 Å². The van der Waals surface area contributed by atoms with Crippen molar-refractivity contribution in [2.75, 3.05) is 11.9 Å². The zero-order chi connectivity index (χ0) is 22.4. The normalized spacial score (nSPS) is 14.7. The molecule has 0 amide bonds. The zero-order valence-electron chi connectivity index (χ0n) is 18.3. The Hall–Kier alpha value is -3.27. The van der Waals surface area contributed by atoms with Crippen molar-refractivity contribution in [2.24, 2.45) is 0 Å². The number of carbonyl (C=O) groups excluding carboxylic acids is 2. The maximum Gasteiger partial charge on any atom is 0.190 e. The average Bonchev–Trinajstić information content (AvgIpc) is 2.77. The van der Waals surface area contributed by atoms with Crippen LogP contribution in [0.15, 0.2) is 83.0 Å². The molecule has 0 saturated carbocycles. The SMILES string of the molecule is CC1=C(C/C=C(\C)CC/C=C(\C)CNc2ccc(F)cc2)C(=O)c2ccccc2C1=O. The molecule has 0 aliphatic heterocycles. The number of benzene rings is 2. The third-order valence-electron chi connectivity index (χ3n) is 5.59. The van der Waals surface area contributed by atoms with Gasteiger partial charge in [-0.05, 0) is 64.3 Å². The quantitative estimate of drug-likeness (QED) is 0.486. The highest BCUT2D eigenvalue weighted by Crippen LogP contribution is 2.28. The number of anilines is 1. The van der Waals surface area contributed by atoms with E-state index >= 15 is 0 Å². The number of halogens is 1. The molecule has 160 valence electrons. The van der Waals surface area contributed by atoms with Gasteiger partial charge in [-0.1, -0.05) is 47.6 Å². The Labute approximate surface area is 183 Å². The standard InChI is InChI=1S/C27H28FNO2/c1-18(7-6-8-19(2)17-29-22-14-12-21(28)13-15-22)11-16-23-20(3)26(30)24-9-4-5-10-25(24)27(23)31/h4-5,8-15,29H,6-7,16-17H2,1-3H3/b18-11+,19-8+. The van der Waals surface area contributed by atoms with E-state index in [1.807, 2.05) is 0 Å². The van der Waals surface area contributed by atoms with E-state index < -0.39 is 0 Å². The summed E-state index contributed by atoms with van der Waals surface area (Å²) in [6, 6.07) is 13.4. The van der Waals surface area contributed by atoms with Crippen LogP contribution in [0.1, 0.15) is 60.7 Å². The topological polar surface area (TPSA) is 46.2 Å². The summed E-state index contributed by atoms with van der Waals surface area (Å²) in [5, 5.41) is 3.27. The lowest BCUT2D eigenvalue weighted by atomic mass is 9.83. The average molecular weight is 418 g/mol. The second-order valence-electron chi connectivity index (χ2n) is 8.01. The van der Waals surface area contributed by atoms with Crippen LogP contribution in [0.5, 0.6) is 0 Å². The highest BCUT2D eigenvalue weighted by molar-refractivity contribution is 6.26. The van der Waals surface area contributed by atoms with E-state index in [9.17, 15) is 14.0 Å². The molecule has 2 aromatic rings. The minimum Gasteiger partial charge on any atom is -0.381 e. The Balaban J connectivity index is 1.53. The highest BCUT2D eigenvalue weighted by atomic mass is 19.1. The number of ketones is 2. The smallest absolute Gasteiger partial charge is 0.190 e. The van der Waals surface area contributed by atoms with Crippen molar-refractivity contribution >= 4 is 17.3 Å². The number of fused-ring (bicyclic) bond motifs is 1. The van der Waals surface area contributed by atoms with Crippen LogP contribution < -0.4 is 5.32 Å². The summed E-state index contributed by atoms with van der Waals surface area (Å²) in [6.45, 7) is 6.57. The lowest BCUT2D eigenvalue weighted by molar-refractivity contribution is 0.0973. The molecule has 4 heteroatoms. The molecule has 0 heterocycles. The Morgan fingerprint density at radius 2 is 1.55 bits per heavy atom. The number of hydrogen-bond donors (Lipinski definition) is 1. The summed E-state index contributed by atoms with van der Waals surface area (Å²) in [5.74, 6) is -0.336. The molecule has 0 atom stereocenters. The van der Waals surface area contributed by atoms with E-state index in [1.54, 1.807) is 43.3 Å². The molecule has 1 aliphatic rings. The number of rotatable bonds is 8. The largest absolute Gasteiger partial charge is 0.381 e. The van der Waals surface area contributed by atoms with E-state index in [0.29, 0.717) is 35.2 Å². The summed E-state index contributed by atoms with van der Waals surface area (Å²) in [7, 11) is 0. The molecule has 1 aliphatic carbocycles. The van der Waals surface area contributed by atoms with E-state index in [-0.39, 0.29) is 17.4 Å². The predicted molar refractivity (Wildman–Crippen MR) is 124 cm³/mol. The van der Waals surface area contributed by atoms with Crippen LogP contribution in [-0.2, 0) is 0 Å². The molecule has 2 aromatic carbocycles. The molecule has 0 bridgehead atoms.